The van der Waals surface area contributed by atoms with Gasteiger partial charge in [-0.05, 0) is 24.1 Å². The molecule has 0 unspecified atom stereocenters. The zero-order valence-corrected chi connectivity index (χ0v) is 15.5. The molecule has 0 aliphatic carbocycles. The van der Waals surface area contributed by atoms with E-state index in [1.54, 1.807) is 29.7 Å². The molecule has 0 saturated carbocycles. The quantitative estimate of drug-likeness (QED) is 0.807. The first kappa shape index (κ1) is 20.9. The fourth-order valence-corrected chi connectivity index (χ4v) is 2.90. The molecule has 27 heavy (non-hydrogen) atoms. The largest absolute Gasteiger partial charge is 0.467 e. The molecule has 0 aromatic heterocycles. The predicted octanol–water partition coefficient (Wildman–Crippen LogP) is 2.73. The molecule has 0 bridgehead atoms. The molecule has 1 aliphatic heterocycles. The molecule has 0 radical (unpaired) electrons. The fourth-order valence-electron chi connectivity index (χ4n) is 2.90. The number of halogens is 3. The van der Waals surface area contributed by atoms with Crippen molar-refractivity contribution in [2.24, 2.45) is 5.92 Å². The second kappa shape index (κ2) is 8.49. The van der Waals surface area contributed by atoms with Crippen LogP contribution in [-0.2, 0) is 15.7 Å². The van der Waals surface area contributed by atoms with Gasteiger partial charge in [-0.15, -0.1) is 0 Å². The van der Waals surface area contributed by atoms with E-state index in [0.29, 0.717) is 31.9 Å². The van der Waals surface area contributed by atoms with Gasteiger partial charge in [-0.3, -0.25) is 0 Å². The number of rotatable bonds is 4. The van der Waals surface area contributed by atoms with Gasteiger partial charge < -0.3 is 19.9 Å². The van der Waals surface area contributed by atoms with E-state index in [9.17, 15) is 22.8 Å². The highest BCUT2D eigenvalue weighted by atomic mass is 19.4. The minimum absolute atomic E-state index is 0.132. The Hall–Kier alpha value is -2.45. The predicted molar refractivity (Wildman–Crippen MR) is 94.4 cm³/mol. The van der Waals surface area contributed by atoms with E-state index in [1.807, 2.05) is 0 Å². The van der Waals surface area contributed by atoms with Crippen molar-refractivity contribution in [3.63, 3.8) is 0 Å². The summed E-state index contributed by atoms with van der Waals surface area (Å²) in [6.45, 7) is 5.08. The van der Waals surface area contributed by atoms with E-state index < -0.39 is 23.8 Å². The van der Waals surface area contributed by atoms with E-state index in [0.717, 1.165) is 12.1 Å². The first-order valence-electron chi connectivity index (χ1n) is 8.69. The van der Waals surface area contributed by atoms with Crippen LogP contribution >= 0.6 is 0 Å². The van der Waals surface area contributed by atoms with E-state index in [4.69, 9.17) is 4.74 Å². The summed E-state index contributed by atoms with van der Waals surface area (Å²) in [5, 5.41) is 2.67. The van der Waals surface area contributed by atoms with Gasteiger partial charge in [0.1, 0.15) is 6.04 Å². The third kappa shape index (κ3) is 5.27. The smallest absolute Gasteiger partial charge is 0.416 e. The summed E-state index contributed by atoms with van der Waals surface area (Å²) < 4.78 is 43.3. The summed E-state index contributed by atoms with van der Waals surface area (Å²) in [7, 11) is 1.26. The Labute approximate surface area is 156 Å². The van der Waals surface area contributed by atoms with Crippen molar-refractivity contribution >= 4 is 17.7 Å². The van der Waals surface area contributed by atoms with Crippen LogP contribution in [0, 0.1) is 5.92 Å². The van der Waals surface area contributed by atoms with Gasteiger partial charge >= 0.3 is 18.2 Å². The average Bonchev–Trinajstić information content (AvgIpc) is 2.64. The number of nitrogens with zero attached hydrogens (tertiary/aromatic N) is 2. The van der Waals surface area contributed by atoms with E-state index in [-0.39, 0.29) is 11.9 Å². The number of nitrogens with one attached hydrogen (secondary N) is 1. The van der Waals surface area contributed by atoms with Crippen molar-refractivity contribution in [3.05, 3.63) is 29.8 Å². The van der Waals surface area contributed by atoms with Crippen LogP contribution in [0.1, 0.15) is 19.4 Å². The number of carbonyl (C=O) groups excluding carboxylic acids is 2. The van der Waals surface area contributed by atoms with Gasteiger partial charge in [0, 0.05) is 31.9 Å². The lowest BCUT2D eigenvalue weighted by molar-refractivity contribution is -0.144. The molecule has 6 nitrogen and oxygen atoms in total. The van der Waals surface area contributed by atoms with Gasteiger partial charge in [0.25, 0.3) is 0 Å². The number of amides is 2. The van der Waals surface area contributed by atoms with Gasteiger partial charge in [0.2, 0.25) is 0 Å². The first-order valence-corrected chi connectivity index (χ1v) is 8.69. The minimum atomic E-state index is -4.39. The van der Waals surface area contributed by atoms with Gasteiger partial charge in [-0.1, -0.05) is 19.9 Å². The molecule has 1 aromatic rings. The lowest BCUT2D eigenvalue weighted by Crippen LogP contribution is -2.55. The SMILES string of the molecule is COC(=O)[C@H](NC(=O)N1CCN(c2cccc(C(F)(F)F)c2)CC1)C(C)C. The molecule has 1 atom stereocenters. The molecule has 150 valence electrons. The monoisotopic (exact) mass is 387 g/mol. The molecular formula is C18H24F3N3O3. The standard InChI is InChI=1S/C18H24F3N3O3/c1-12(2)15(16(25)27-3)22-17(26)24-9-7-23(8-10-24)14-6-4-5-13(11-14)18(19,20)21/h4-6,11-12,15H,7-10H2,1-3H3,(H,22,26)/t15-/m1/s1. The van der Waals surface area contributed by atoms with Crippen LogP contribution in [0.15, 0.2) is 24.3 Å². The molecule has 1 saturated heterocycles. The number of benzene rings is 1. The van der Waals surface area contributed by atoms with E-state index in [1.165, 1.54) is 13.2 Å². The summed E-state index contributed by atoms with van der Waals surface area (Å²) in [4.78, 5) is 27.5. The third-order valence-corrected chi connectivity index (χ3v) is 4.51. The Morgan fingerprint density at radius 3 is 2.30 bits per heavy atom. The number of hydrogen-bond donors (Lipinski definition) is 1. The minimum Gasteiger partial charge on any atom is -0.467 e. The van der Waals surface area contributed by atoms with Crippen LogP contribution in [0.4, 0.5) is 23.7 Å². The Morgan fingerprint density at radius 2 is 1.78 bits per heavy atom. The van der Waals surface area contributed by atoms with Crippen molar-refractivity contribution in [3.8, 4) is 0 Å². The maximum atomic E-state index is 12.9. The first-order chi connectivity index (χ1) is 12.6. The molecule has 0 spiro atoms. The number of esters is 1. The second-order valence-corrected chi connectivity index (χ2v) is 6.72. The van der Waals surface area contributed by atoms with Crippen molar-refractivity contribution in [2.45, 2.75) is 26.1 Å². The van der Waals surface area contributed by atoms with Crippen molar-refractivity contribution in [2.75, 3.05) is 38.2 Å². The summed E-state index contributed by atoms with van der Waals surface area (Å²) in [6, 6.07) is 4.01. The molecule has 2 rings (SSSR count). The highest BCUT2D eigenvalue weighted by molar-refractivity contribution is 5.84. The van der Waals surface area contributed by atoms with Gasteiger partial charge in [0.05, 0.1) is 12.7 Å². The lowest BCUT2D eigenvalue weighted by Gasteiger charge is -2.37. The van der Waals surface area contributed by atoms with Crippen molar-refractivity contribution in [1.29, 1.82) is 0 Å². The Kier molecular flexibility index (Phi) is 6.56. The number of piperazine rings is 1. The Balaban J connectivity index is 1.97. The van der Waals surface area contributed by atoms with Gasteiger partial charge in [-0.25, -0.2) is 9.59 Å². The average molecular weight is 387 g/mol. The highest BCUT2D eigenvalue weighted by Gasteiger charge is 2.32. The number of ether oxygens (including phenoxy) is 1. The van der Waals surface area contributed by atoms with Crippen LogP contribution in [0.25, 0.3) is 0 Å². The van der Waals surface area contributed by atoms with Crippen LogP contribution in [0.2, 0.25) is 0 Å². The van der Waals surface area contributed by atoms with Crippen molar-refractivity contribution < 1.29 is 27.5 Å². The zero-order chi connectivity index (χ0) is 20.2. The summed E-state index contributed by atoms with van der Waals surface area (Å²) in [6.07, 6.45) is -4.39. The number of anilines is 1. The molecule has 9 heteroatoms. The maximum Gasteiger partial charge on any atom is 0.416 e. The molecule has 2 amide bonds. The summed E-state index contributed by atoms with van der Waals surface area (Å²) in [5.41, 5.74) is -0.225. The molecular weight excluding hydrogens is 363 g/mol. The maximum absolute atomic E-state index is 12.9. The molecule has 1 fully saturated rings. The van der Waals surface area contributed by atoms with E-state index in [2.05, 4.69) is 5.32 Å². The number of urea groups is 1. The van der Waals surface area contributed by atoms with Crippen molar-refractivity contribution in [1.82, 2.24) is 10.2 Å². The number of alkyl halides is 3. The van der Waals surface area contributed by atoms with Crippen LogP contribution in [0.5, 0.6) is 0 Å². The Morgan fingerprint density at radius 1 is 1.15 bits per heavy atom. The molecule has 1 N–H and O–H groups in total. The third-order valence-electron chi connectivity index (χ3n) is 4.51. The molecule has 1 heterocycles. The van der Waals surface area contributed by atoms with Gasteiger partial charge in [0.15, 0.2) is 0 Å². The Bertz CT molecular complexity index is 671. The highest BCUT2D eigenvalue weighted by Crippen LogP contribution is 2.31. The van der Waals surface area contributed by atoms with E-state index >= 15 is 0 Å². The van der Waals surface area contributed by atoms with Gasteiger partial charge in [-0.2, -0.15) is 13.2 Å². The van der Waals surface area contributed by atoms with Crippen LogP contribution in [-0.4, -0.2) is 56.2 Å². The fraction of sp³-hybridized carbons (Fsp3) is 0.556. The zero-order valence-electron chi connectivity index (χ0n) is 15.5. The van der Waals surface area contributed by atoms with Crippen LogP contribution < -0.4 is 10.2 Å². The second-order valence-electron chi connectivity index (χ2n) is 6.72. The number of hydrogen-bond acceptors (Lipinski definition) is 4. The van der Waals surface area contributed by atoms with Crippen LogP contribution in [0.3, 0.4) is 0 Å². The summed E-state index contributed by atoms with van der Waals surface area (Å²) in [5.74, 6) is -0.645. The number of carbonyl (C=O) groups is 2. The summed E-state index contributed by atoms with van der Waals surface area (Å²) >= 11 is 0. The number of methoxy groups -OCH3 is 1. The molecule has 1 aromatic carbocycles. The topological polar surface area (TPSA) is 61.9 Å². The molecule has 1 aliphatic rings. The normalized spacial score (nSPS) is 16.3. The lowest BCUT2D eigenvalue weighted by atomic mass is 10.1.